The van der Waals surface area contributed by atoms with E-state index in [0.29, 0.717) is 21.2 Å². The van der Waals surface area contributed by atoms with E-state index in [1.54, 1.807) is 24.3 Å². The van der Waals surface area contributed by atoms with E-state index in [4.69, 9.17) is 9.31 Å². The standard InChI is InChI=1S/C33H20BF10NO2/c35-22-20(23(36)27(40)30(43)26(22)39)34(21-24(37)28(41)31(44)29(42)25(21)38)46-32-17-4-2-1-3-16(17)19-13-15(5-6-18(19)33(32)47-34)45-10-7-14(8-11-45)9-12-45/h1-6,13-14H,7-12H2. The van der Waals surface area contributed by atoms with Crippen LogP contribution in [-0.2, 0) is 0 Å². The number of nitrogens with zero attached hydrogens (tertiary/aromatic N) is 1. The highest BCUT2D eigenvalue weighted by molar-refractivity contribution is 6.94. The van der Waals surface area contributed by atoms with Crippen LogP contribution in [0.15, 0.2) is 42.5 Å². The summed E-state index contributed by atoms with van der Waals surface area (Å²) in [6, 6.07) is 11.5. The lowest BCUT2D eigenvalue weighted by atomic mass is 9.45. The Labute approximate surface area is 259 Å². The zero-order valence-electron chi connectivity index (χ0n) is 24.0. The number of quaternary nitrogens is 1. The third-order valence-electron chi connectivity index (χ3n) is 10.2. The van der Waals surface area contributed by atoms with Crippen molar-refractivity contribution < 1.29 is 53.2 Å². The first-order valence-corrected chi connectivity index (χ1v) is 14.8. The molecule has 9 rings (SSSR count). The van der Waals surface area contributed by atoms with E-state index >= 15 is 17.6 Å². The second kappa shape index (κ2) is 10.0. The van der Waals surface area contributed by atoms with Crippen LogP contribution in [0.2, 0.25) is 0 Å². The van der Waals surface area contributed by atoms with E-state index in [-0.39, 0.29) is 10.8 Å². The molecule has 4 heterocycles. The molecule has 3 nitrogen and oxygen atoms in total. The molecule has 0 aliphatic carbocycles. The molecule has 4 aliphatic heterocycles. The van der Waals surface area contributed by atoms with E-state index in [1.807, 2.05) is 6.07 Å². The van der Waals surface area contributed by atoms with E-state index in [9.17, 15) is 26.3 Å². The van der Waals surface area contributed by atoms with Crippen molar-refractivity contribution in [1.29, 1.82) is 0 Å². The fraction of sp³-hybridized carbons (Fsp3) is 0.212. The Morgan fingerprint density at radius 1 is 0.489 bits per heavy atom. The molecule has 0 radical (unpaired) electrons. The van der Waals surface area contributed by atoms with Gasteiger partial charge in [0.2, 0.25) is 0 Å². The summed E-state index contributed by atoms with van der Waals surface area (Å²) in [5.41, 5.74) is -3.16. The number of halogens is 10. The molecule has 0 amide bonds. The minimum absolute atomic E-state index is 0.126. The van der Waals surface area contributed by atoms with E-state index in [0.717, 1.165) is 44.6 Å². The lowest BCUT2D eigenvalue weighted by Gasteiger charge is -2.48. The van der Waals surface area contributed by atoms with Gasteiger partial charge in [0, 0.05) is 36.1 Å². The molecule has 2 bridgehead atoms. The largest absolute Gasteiger partial charge is 0.673 e. The van der Waals surface area contributed by atoms with Crippen LogP contribution in [0.5, 0.6) is 11.5 Å². The van der Waals surface area contributed by atoms with Gasteiger partial charge in [0.15, 0.2) is 34.9 Å². The maximum Gasteiger partial charge on any atom is 0.418 e. The van der Waals surface area contributed by atoms with Gasteiger partial charge in [-0.3, -0.25) is 4.48 Å². The van der Waals surface area contributed by atoms with Crippen LogP contribution in [0.25, 0.3) is 21.5 Å². The van der Waals surface area contributed by atoms with Gasteiger partial charge in [0.1, 0.15) is 40.5 Å². The maximum atomic E-state index is 15.5. The molecule has 5 aromatic rings. The molecular formula is C33H20BF10NO2. The lowest BCUT2D eigenvalue weighted by molar-refractivity contribution is 0.115. The Kier molecular flexibility index (Phi) is 6.38. The van der Waals surface area contributed by atoms with Crippen molar-refractivity contribution in [2.45, 2.75) is 19.3 Å². The summed E-state index contributed by atoms with van der Waals surface area (Å²) in [5.74, 6) is -26.3. The van der Waals surface area contributed by atoms with Crippen LogP contribution in [0.4, 0.5) is 49.6 Å². The van der Waals surface area contributed by atoms with Crippen molar-refractivity contribution in [3.8, 4) is 11.5 Å². The maximum absolute atomic E-state index is 15.5. The van der Waals surface area contributed by atoms with Gasteiger partial charge in [-0.1, -0.05) is 24.3 Å². The Bertz CT molecular complexity index is 2060. The van der Waals surface area contributed by atoms with Gasteiger partial charge in [-0.2, -0.15) is 0 Å². The predicted molar refractivity (Wildman–Crippen MR) is 154 cm³/mol. The molecule has 4 aliphatic rings. The number of rotatable bonds is 3. The molecular weight excluding hydrogens is 643 g/mol. The summed E-state index contributed by atoms with van der Waals surface area (Å²) in [4.78, 5) is 0. The van der Waals surface area contributed by atoms with Crippen LogP contribution in [0, 0.1) is 64.1 Å². The first-order valence-electron chi connectivity index (χ1n) is 14.8. The second-order valence-corrected chi connectivity index (χ2v) is 12.4. The minimum Gasteiger partial charge on any atom is -0.673 e. The lowest BCUT2D eigenvalue weighted by Crippen LogP contribution is -2.70. The molecule has 0 atom stereocenters. The van der Waals surface area contributed by atoms with Gasteiger partial charge in [-0.05, 0) is 39.7 Å². The smallest absolute Gasteiger partial charge is 0.418 e. The van der Waals surface area contributed by atoms with Crippen molar-refractivity contribution in [1.82, 2.24) is 4.48 Å². The van der Waals surface area contributed by atoms with Gasteiger partial charge in [0.05, 0.1) is 19.6 Å². The van der Waals surface area contributed by atoms with E-state index in [1.165, 1.54) is 12.1 Å². The first-order chi connectivity index (χ1) is 22.4. The molecule has 0 N–H and O–H groups in total. The Morgan fingerprint density at radius 2 is 0.894 bits per heavy atom. The number of hydrogen-bond donors (Lipinski definition) is 0. The predicted octanol–water partition coefficient (Wildman–Crippen LogP) is 7.53. The normalized spacial score (nSPS) is 21.3. The van der Waals surface area contributed by atoms with Crippen LogP contribution >= 0.6 is 0 Å². The summed E-state index contributed by atoms with van der Waals surface area (Å²) in [6.45, 7) is -2.23. The zero-order valence-corrected chi connectivity index (χ0v) is 24.0. The zero-order chi connectivity index (χ0) is 33.2. The van der Waals surface area contributed by atoms with Crippen molar-refractivity contribution in [2.24, 2.45) is 5.92 Å². The molecule has 0 saturated carbocycles. The quantitative estimate of drug-likeness (QED) is 0.0497. The number of piperidine rings is 3. The molecule has 47 heavy (non-hydrogen) atoms. The van der Waals surface area contributed by atoms with Gasteiger partial charge < -0.3 is 9.31 Å². The van der Waals surface area contributed by atoms with Gasteiger partial charge in [0.25, 0.3) is 0 Å². The highest BCUT2D eigenvalue weighted by Crippen LogP contribution is 2.51. The molecule has 5 aromatic carbocycles. The van der Waals surface area contributed by atoms with Gasteiger partial charge in [-0.25, -0.2) is 43.9 Å². The van der Waals surface area contributed by atoms with E-state index in [2.05, 4.69) is 0 Å². The fourth-order valence-corrected chi connectivity index (χ4v) is 7.73. The molecule has 0 aromatic heterocycles. The molecule has 3 saturated heterocycles. The Hall–Kier alpha value is -4.46. The van der Waals surface area contributed by atoms with Crippen LogP contribution in [-0.4, -0.2) is 26.2 Å². The van der Waals surface area contributed by atoms with Crippen LogP contribution < -0.4 is 24.7 Å². The van der Waals surface area contributed by atoms with Gasteiger partial charge >= 0.3 is 6.55 Å². The second-order valence-electron chi connectivity index (χ2n) is 12.4. The molecule has 242 valence electrons. The Balaban J connectivity index is 1.46. The van der Waals surface area contributed by atoms with Crippen molar-refractivity contribution in [3.05, 3.63) is 101 Å². The summed E-state index contributed by atoms with van der Waals surface area (Å²) in [6.07, 6.45) is 3.11. The monoisotopic (exact) mass is 663 g/mol. The number of fused-ring (bicyclic) bond motifs is 9. The van der Waals surface area contributed by atoms with Crippen molar-refractivity contribution >= 4 is 44.7 Å². The topological polar surface area (TPSA) is 18.5 Å². The highest BCUT2D eigenvalue weighted by atomic mass is 19.2. The average molecular weight is 663 g/mol. The average Bonchev–Trinajstić information content (AvgIpc) is 3.50. The highest BCUT2D eigenvalue weighted by Gasteiger charge is 2.52. The molecule has 14 heteroatoms. The van der Waals surface area contributed by atoms with Crippen LogP contribution in [0.1, 0.15) is 19.3 Å². The van der Waals surface area contributed by atoms with Crippen LogP contribution in [0.3, 0.4) is 0 Å². The molecule has 0 spiro atoms. The minimum atomic E-state index is -4.91. The van der Waals surface area contributed by atoms with Gasteiger partial charge in [-0.15, -0.1) is 0 Å². The van der Waals surface area contributed by atoms with Crippen molar-refractivity contribution in [2.75, 3.05) is 19.6 Å². The summed E-state index contributed by atoms with van der Waals surface area (Å²) in [7, 11) is 0. The summed E-state index contributed by atoms with van der Waals surface area (Å²) < 4.78 is 161. The fourth-order valence-electron chi connectivity index (χ4n) is 7.73. The number of benzene rings is 5. The third kappa shape index (κ3) is 3.87. The van der Waals surface area contributed by atoms with Crippen molar-refractivity contribution in [3.63, 3.8) is 0 Å². The number of hydrogen-bond acceptors (Lipinski definition) is 2. The third-order valence-corrected chi connectivity index (χ3v) is 10.2. The summed E-state index contributed by atoms with van der Waals surface area (Å²) >= 11 is 0. The van der Waals surface area contributed by atoms with E-state index < -0.39 is 87.1 Å². The molecule has 0 unspecified atom stereocenters. The summed E-state index contributed by atoms with van der Waals surface area (Å²) in [5, 5.41) is 1.21. The SMILES string of the molecule is Fc1c(F)c(F)c([B-]2(c3c(F)c(F)c(F)c(F)c3F)Oc3c(c4ccc([N+]56CCC(CC5)CC6)cc4c4ccccc34)O2)c(F)c1F. The first kappa shape index (κ1) is 29.9. The molecule has 3 fully saturated rings. The Morgan fingerprint density at radius 3 is 1.36 bits per heavy atom.